The van der Waals surface area contributed by atoms with Gasteiger partial charge in [-0.05, 0) is 38.1 Å². The molecule has 1 aromatic carbocycles. The Balaban J connectivity index is 2.14. The third kappa shape index (κ3) is 3.77. The van der Waals surface area contributed by atoms with E-state index in [4.69, 9.17) is 4.42 Å². The molecule has 156 valence electrons. The first kappa shape index (κ1) is 21.1. The molecule has 0 spiro atoms. The van der Waals surface area contributed by atoms with Gasteiger partial charge in [-0.2, -0.15) is 5.26 Å². The number of imide groups is 1. The fraction of sp³-hybridized carbons (Fsp3) is 0.263. The summed E-state index contributed by atoms with van der Waals surface area (Å²) in [7, 11) is -3.38. The largest absolute Gasteiger partial charge is 0.443 e. The van der Waals surface area contributed by atoms with Crippen LogP contribution in [0.2, 0.25) is 0 Å². The van der Waals surface area contributed by atoms with E-state index in [2.05, 4.69) is 15.6 Å². The van der Waals surface area contributed by atoms with Gasteiger partial charge in [0.15, 0.2) is 22.0 Å². The Kier molecular flexibility index (Phi) is 5.62. The number of nitriles is 1. The summed E-state index contributed by atoms with van der Waals surface area (Å²) in [4.78, 5) is 30.3. The highest BCUT2D eigenvalue weighted by Crippen LogP contribution is 2.38. The van der Waals surface area contributed by atoms with E-state index in [1.807, 2.05) is 6.07 Å². The maximum Gasteiger partial charge on any atom is 0.330 e. The number of nitrogens with zero attached hydrogens (tertiary/aromatic N) is 3. The fourth-order valence-electron chi connectivity index (χ4n) is 3.11. The highest BCUT2D eigenvalue weighted by molar-refractivity contribution is 7.90. The third-order valence-electron chi connectivity index (χ3n) is 4.51. The fourth-order valence-corrected chi connectivity index (χ4v) is 3.74. The van der Waals surface area contributed by atoms with Crippen molar-refractivity contribution in [2.45, 2.75) is 24.8 Å². The minimum absolute atomic E-state index is 0.127. The molecular weight excluding hydrogens is 410 g/mol. The summed E-state index contributed by atoms with van der Waals surface area (Å²) in [5.41, 5.74) is 1.09. The van der Waals surface area contributed by atoms with Crippen molar-refractivity contribution in [3.8, 4) is 17.4 Å². The molecule has 0 saturated heterocycles. The van der Waals surface area contributed by atoms with Crippen molar-refractivity contribution in [2.75, 3.05) is 12.8 Å². The molecule has 10 nitrogen and oxygen atoms in total. The Morgan fingerprint density at radius 1 is 1.37 bits per heavy atom. The lowest BCUT2D eigenvalue weighted by Gasteiger charge is -2.33. The molecule has 2 aromatic rings. The number of oxazole rings is 1. The van der Waals surface area contributed by atoms with Crippen LogP contribution in [-0.2, 0) is 9.84 Å². The van der Waals surface area contributed by atoms with Crippen LogP contribution < -0.4 is 10.6 Å². The summed E-state index contributed by atoms with van der Waals surface area (Å²) in [6.45, 7) is 3.53. The number of amides is 4. The van der Waals surface area contributed by atoms with Crippen LogP contribution in [0.25, 0.3) is 11.3 Å². The van der Waals surface area contributed by atoms with Gasteiger partial charge in [-0.15, -0.1) is 0 Å². The number of carbonyl (C=O) groups is 2. The van der Waals surface area contributed by atoms with E-state index in [-0.39, 0.29) is 28.5 Å². The summed E-state index contributed by atoms with van der Waals surface area (Å²) in [6, 6.07) is 5.41. The highest BCUT2D eigenvalue weighted by Gasteiger charge is 2.41. The molecule has 0 aliphatic carbocycles. The predicted octanol–water partition coefficient (Wildman–Crippen LogP) is 2.34. The molecule has 2 heterocycles. The number of hydrogen-bond acceptors (Lipinski definition) is 7. The Morgan fingerprint density at radius 3 is 2.60 bits per heavy atom. The van der Waals surface area contributed by atoms with Crippen molar-refractivity contribution in [1.82, 2.24) is 20.5 Å². The van der Waals surface area contributed by atoms with E-state index < -0.39 is 27.9 Å². The predicted molar refractivity (Wildman–Crippen MR) is 106 cm³/mol. The van der Waals surface area contributed by atoms with Crippen LogP contribution >= 0.6 is 0 Å². The van der Waals surface area contributed by atoms with Gasteiger partial charge < -0.3 is 15.1 Å². The number of carbonyl (C=O) groups excluding carboxylic acids is 2. The van der Waals surface area contributed by atoms with Crippen LogP contribution in [-0.4, -0.2) is 43.2 Å². The Hall–Kier alpha value is -3.65. The van der Waals surface area contributed by atoms with Crippen LogP contribution in [0.3, 0.4) is 0 Å². The molecule has 2 N–H and O–H groups in total. The number of sulfone groups is 1. The van der Waals surface area contributed by atoms with Crippen LogP contribution in [0, 0.1) is 11.3 Å². The van der Waals surface area contributed by atoms with Gasteiger partial charge in [0.05, 0.1) is 16.5 Å². The third-order valence-corrected chi connectivity index (χ3v) is 5.64. The second-order valence-corrected chi connectivity index (χ2v) is 8.57. The van der Waals surface area contributed by atoms with Gasteiger partial charge in [-0.3, -0.25) is 0 Å². The minimum atomic E-state index is -3.38. The molecular formula is C19H19N5O5S. The molecule has 0 fully saturated rings. The molecule has 0 saturated carbocycles. The SMILES string of the molecule is CCNC(=O)N1C(=O)NC(C)=C(C#N)C1c1ncoc1-c1ccc(S(C)(=O)=O)cc1. The number of allylic oxidation sites excluding steroid dienone is 1. The topological polar surface area (TPSA) is 145 Å². The average Bonchev–Trinajstić information content (AvgIpc) is 3.16. The van der Waals surface area contributed by atoms with E-state index in [1.54, 1.807) is 13.8 Å². The van der Waals surface area contributed by atoms with E-state index in [0.717, 1.165) is 17.5 Å². The van der Waals surface area contributed by atoms with Crippen LogP contribution in [0.4, 0.5) is 9.59 Å². The molecule has 0 radical (unpaired) electrons. The maximum absolute atomic E-state index is 12.6. The smallest absolute Gasteiger partial charge is 0.330 e. The summed E-state index contributed by atoms with van der Waals surface area (Å²) in [6.07, 6.45) is 2.24. The number of benzene rings is 1. The van der Waals surface area contributed by atoms with Gasteiger partial charge in [-0.25, -0.2) is 27.9 Å². The van der Waals surface area contributed by atoms with Crippen LogP contribution in [0.1, 0.15) is 25.6 Å². The van der Waals surface area contributed by atoms with Crippen molar-refractivity contribution >= 4 is 21.9 Å². The van der Waals surface area contributed by atoms with Crippen LogP contribution in [0.15, 0.2) is 51.2 Å². The lowest BCUT2D eigenvalue weighted by molar-refractivity contribution is 0.173. The normalized spacial score (nSPS) is 16.8. The molecule has 3 rings (SSSR count). The summed E-state index contributed by atoms with van der Waals surface area (Å²) < 4.78 is 28.9. The zero-order chi connectivity index (χ0) is 22.1. The minimum Gasteiger partial charge on any atom is -0.443 e. The molecule has 4 amide bonds. The number of urea groups is 2. The number of rotatable bonds is 4. The zero-order valence-corrected chi connectivity index (χ0v) is 17.3. The van der Waals surface area contributed by atoms with Gasteiger partial charge in [0.1, 0.15) is 11.7 Å². The van der Waals surface area contributed by atoms with E-state index in [1.165, 1.54) is 24.3 Å². The van der Waals surface area contributed by atoms with Crippen LogP contribution in [0.5, 0.6) is 0 Å². The molecule has 1 aliphatic heterocycles. The first-order valence-electron chi connectivity index (χ1n) is 8.91. The van der Waals surface area contributed by atoms with Gasteiger partial charge in [0, 0.05) is 24.1 Å². The van der Waals surface area contributed by atoms with E-state index in [0.29, 0.717) is 11.3 Å². The zero-order valence-electron chi connectivity index (χ0n) is 16.5. The Morgan fingerprint density at radius 2 is 2.03 bits per heavy atom. The second-order valence-electron chi connectivity index (χ2n) is 6.55. The molecule has 0 bridgehead atoms. The monoisotopic (exact) mass is 429 g/mol. The number of hydrogen-bond donors (Lipinski definition) is 2. The van der Waals surface area contributed by atoms with Crippen molar-refractivity contribution in [3.63, 3.8) is 0 Å². The Labute approximate surface area is 173 Å². The van der Waals surface area contributed by atoms with Crippen molar-refractivity contribution in [1.29, 1.82) is 5.26 Å². The number of nitrogens with one attached hydrogen (secondary N) is 2. The van der Waals surface area contributed by atoms with Gasteiger partial charge in [0.2, 0.25) is 0 Å². The molecule has 30 heavy (non-hydrogen) atoms. The number of aromatic nitrogens is 1. The van der Waals surface area contributed by atoms with E-state index >= 15 is 0 Å². The van der Waals surface area contributed by atoms with Crippen molar-refractivity contribution < 1.29 is 22.4 Å². The standard InChI is InChI=1S/C19H19N5O5S/c1-4-21-18(25)24-16(14(9-20)11(2)23-19(24)26)15-17(29-10-22-15)12-5-7-13(8-6-12)30(3,27)28/h5-8,10,16H,4H2,1-3H3,(H,21,25)(H,23,26). The summed E-state index contributed by atoms with van der Waals surface area (Å²) >= 11 is 0. The van der Waals surface area contributed by atoms with Crippen molar-refractivity contribution in [2.24, 2.45) is 0 Å². The molecule has 1 unspecified atom stereocenters. The van der Waals surface area contributed by atoms with Gasteiger partial charge >= 0.3 is 12.1 Å². The maximum atomic E-state index is 12.6. The second kappa shape index (κ2) is 8.00. The molecule has 11 heteroatoms. The first-order valence-corrected chi connectivity index (χ1v) is 10.8. The molecule has 1 aromatic heterocycles. The van der Waals surface area contributed by atoms with Gasteiger partial charge in [0.25, 0.3) is 0 Å². The highest BCUT2D eigenvalue weighted by atomic mass is 32.2. The van der Waals surface area contributed by atoms with E-state index in [9.17, 15) is 23.3 Å². The quantitative estimate of drug-likeness (QED) is 0.758. The summed E-state index contributed by atoms with van der Waals surface area (Å²) in [5, 5.41) is 14.7. The van der Waals surface area contributed by atoms with Crippen molar-refractivity contribution in [3.05, 3.63) is 47.6 Å². The molecule has 1 atom stereocenters. The molecule has 1 aliphatic rings. The lowest BCUT2D eigenvalue weighted by Crippen LogP contribution is -2.53. The Bertz CT molecular complexity index is 1170. The van der Waals surface area contributed by atoms with Gasteiger partial charge in [-0.1, -0.05) is 0 Å². The average molecular weight is 429 g/mol. The summed E-state index contributed by atoms with van der Waals surface area (Å²) in [5.74, 6) is 0.213. The first-order chi connectivity index (χ1) is 14.2. The lowest BCUT2D eigenvalue weighted by atomic mass is 9.96.